The van der Waals surface area contributed by atoms with Crippen molar-refractivity contribution in [1.82, 2.24) is 5.43 Å². The van der Waals surface area contributed by atoms with E-state index in [9.17, 15) is 28.1 Å². The molecule has 1 heterocycles. The van der Waals surface area contributed by atoms with Crippen LogP contribution in [-0.2, 0) is 17.4 Å². The minimum Gasteiger partial charge on any atom is -0.455 e. The topological polar surface area (TPSA) is 97.7 Å². The molecule has 30 heavy (non-hydrogen) atoms. The molecule has 0 aliphatic rings. The first-order chi connectivity index (χ1) is 14.2. The third-order valence-corrected chi connectivity index (χ3v) is 3.99. The van der Waals surface area contributed by atoms with Crippen LogP contribution in [0, 0.1) is 10.1 Å². The molecule has 7 nitrogen and oxygen atoms in total. The SMILES string of the molecule is O=C(Cc1ccc([N+](=O)[O-])cc1)NN=Cc1ccc(-c2cccc(C(F)(F)F)c2)o1. The lowest BCUT2D eigenvalue weighted by atomic mass is 10.1. The first-order valence-electron chi connectivity index (χ1n) is 8.55. The molecule has 0 aliphatic carbocycles. The fraction of sp³-hybridized carbons (Fsp3) is 0.100. The molecule has 1 aromatic heterocycles. The van der Waals surface area contributed by atoms with Gasteiger partial charge in [-0.2, -0.15) is 18.3 Å². The van der Waals surface area contributed by atoms with E-state index in [-0.39, 0.29) is 29.2 Å². The standard InChI is InChI=1S/C20H14F3N3O4/c21-20(22,23)15-3-1-2-14(11-15)18-9-8-17(30-18)12-24-25-19(27)10-13-4-6-16(7-5-13)26(28)29/h1-9,11-12H,10H2,(H,25,27). The number of alkyl halides is 3. The van der Waals surface area contributed by atoms with E-state index in [4.69, 9.17) is 4.42 Å². The number of carbonyl (C=O) groups is 1. The minimum absolute atomic E-state index is 0.0387. The van der Waals surface area contributed by atoms with E-state index < -0.39 is 22.6 Å². The number of non-ortho nitro benzene ring substituents is 1. The Morgan fingerprint density at radius 3 is 2.53 bits per heavy atom. The Morgan fingerprint density at radius 1 is 1.13 bits per heavy atom. The number of benzene rings is 2. The molecule has 3 aromatic rings. The van der Waals surface area contributed by atoms with Crippen LogP contribution in [0.25, 0.3) is 11.3 Å². The maximum Gasteiger partial charge on any atom is 0.416 e. The zero-order chi connectivity index (χ0) is 21.7. The third kappa shape index (κ3) is 5.31. The number of amides is 1. The summed E-state index contributed by atoms with van der Waals surface area (Å²) >= 11 is 0. The molecule has 0 bridgehead atoms. The van der Waals surface area contributed by atoms with Crippen LogP contribution >= 0.6 is 0 Å². The molecule has 2 aromatic carbocycles. The number of halogens is 3. The highest BCUT2D eigenvalue weighted by molar-refractivity contribution is 5.82. The molecule has 0 spiro atoms. The number of hydrogen-bond donors (Lipinski definition) is 1. The lowest BCUT2D eigenvalue weighted by molar-refractivity contribution is -0.384. The van der Waals surface area contributed by atoms with Gasteiger partial charge in [0.2, 0.25) is 5.91 Å². The number of nitro groups is 1. The fourth-order valence-corrected chi connectivity index (χ4v) is 2.55. The second-order valence-electron chi connectivity index (χ2n) is 6.17. The summed E-state index contributed by atoms with van der Waals surface area (Å²) in [4.78, 5) is 22.0. The lowest BCUT2D eigenvalue weighted by Gasteiger charge is -2.07. The summed E-state index contributed by atoms with van der Waals surface area (Å²) in [6.07, 6.45) is -3.28. The summed E-state index contributed by atoms with van der Waals surface area (Å²) in [5, 5.41) is 14.4. The predicted octanol–water partition coefficient (Wildman–Crippen LogP) is 4.57. The quantitative estimate of drug-likeness (QED) is 0.361. The molecular formula is C20H14F3N3O4. The van der Waals surface area contributed by atoms with Crippen molar-refractivity contribution in [1.29, 1.82) is 0 Å². The average molecular weight is 417 g/mol. The van der Waals surface area contributed by atoms with Gasteiger partial charge in [0.05, 0.1) is 23.1 Å². The maximum absolute atomic E-state index is 12.8. The van der Waals surface area contributed by atoms with E-state index in [1.165, 1.54) is 54.7 Å². The Balaban J connectivity index is 1.59. The van der Waals surface area contributed by atoms with Crippen molar-refractivity contribution in [2.24, 2.45) is 5.10 Å². The molecule has 3 rings (SSSR count). The molecule has 10 heteroatoms. The van der Waals surface area contributed by atoms with Crippen LogP contribution in [0.4, 0.5) is 18.9 Å². The lowest BCUT2D eigenvalue weighted by Crippen LogP contribution is -2.19. The highest BCUT2D eigenvalue weighted by atomic mass is 19.4. The molecular weight excluding hydrogens is 403 g/mol. The normalized spacial score (nSPS) is 11.6. The van der Waals surface area contributed by atoms with Gasteiger partial charge in [-0.3, -0.25) is 14.9 Å². The van der Waals surface area contributed by atoms with Crippen LogP contribution in [-0.4, -0.2) is 17.0 Å². The number of carbonyl (C=O) groups excluding carboxylic acids is 1. The summed E-state index contributed by atoms with van der Waals surface area (Å²) in [6, 6.07) is 13.2. The van der Waals surface area contributed by atoms with Crippen molar-refractivity contribution < 1.29 is 27.3 Å². The Kier molecular flexibility index (Phi) is 5.95. The molecule has 0 saturated carbocycles. The van der Waals surface area contributed by atoms with Crippen LogP contribution in [0.3, 0.4) is 0 Å². The number of nitrogens with one attached hydrogen (secondary N) is 1. The van der Waals surface area contributed by atoms with Gasteiger partial charge in [-0.05, 0) is 29.8 Å². The van der Waals surface area contributed by atoms with E-state index in [2.05, 4.69) is 10.5 Å². The smallest absolute Gasteiger partial charge is 0.416 e. The van der Waals surface area contributed by atoms with Gasteiger partial charge in [-0.25, -0.2) is 5.43 Å². The molecule has 1 N–H and O–H groups in total. The molecule has 0 fully saturated rings. The van der Waals surface area contributed by atoms with Crippen molar-refractivity contribution in [2.75, 3.05) is 0 Å². The number of hydrogen-bond acceptors (Lipinski definition) is 5. The number of furan rings is 1. The Morgan fingerprint density at radius 2 is 1.87 bits per heavy atom. The molecule has 0 radical (unpaired) electrons. The number of rotatable bonds is 6. The van der Waals surface area contributed by atoms with Gasteiger partial charge in [-0.1, -0.05) is 24.3 Å². The Labute approximate surface area is 168 Å². The van der Waals surface area contributed by atoms with Gasteiger partial charge >= 0.3 is 6.18 Å². The van der Waals surface area contributed by atoms with E-state index in [0.717, 1.165) is 12.1 Å². The van der Waals surface area contributed by atoms with Gasteiger partial charge in [0.25, 0.3) is 5.69 Å². The highest BCUT2D eigenvalue weighted by Crippen LogP contribution is 2.32. The fourth-order valence-electron chi connectivity index (χ4n) is 2.55. The number of nitrogens with zero attached hydrogens (tertiary/aromatic N) is 2. The van der Waals surface area contributed by atoms with Crippen LogP contribution in [0.2, 0.25) is 0 Å². The monoisotopic (exact) mass is 417 g/mol. The number of nitro benzene ring substituents is 1. The van der Waals surface area contributed by atoms with Crippen molar-refractivity contribution in [3.8, 4) is 11.3 Å². The van der Waals surface area contributed by atoms with Gasteiger partial charge in [0, 0.05) is 17.7 Å². The Hall–Kier alpha value is -3.95. The minimum atomic E-state index is -4.46. The van der Waals surface area contributed by atoms with Gasteiger partial charge in [0.1, 0.15) is 11.5 Å². The zero-order valence-corrected chi connectivity index (χ0v) is 15.2. The largest absolute Gasteiger partial charge is 0.455 e. The van der Waals surface area contributed by atoms with E-state index >= 15 is 0 Å². The molecule has 0 aliphatic heterocycles. The second kappa shape index (κ2) is 8.60. The van der Waals surface area contributed by atoms with E-state index in [1.54, 1.807) is 0 Å². The van der Waals surface area contributed by atoms with Crippen molar-refractivity contribution in [2.45, 2.75) is 12.6 Å². The van der Waals surface area contributed by atoms with Gasteiger partial charge < -0.3 is 4.42 Å². The van der Waals surface area contributed by atoms with Crippen LogP contribution < -0.4 is 5.43 Å². The summed E-state index contributed by atoms with van der Waals surface area (Å²) in [5.74, 6) is 0.00238. The van der Waals surface area contributed by atoms with E-state index in [1.807, 2.05) is 0 Å². The summed E-state index contributed by atoms with van der Waals surface area (Å²) in [5.41, 5.74) is 2.24. The molecule has 154 valence electrons. The van der Waals surface area contributed by atoms with Crippen LogP contribution in [0.15, 0.2) is 70.2 Å². The summed E-state index contributed by atoms with van der Waals surface area (Å²) in [6.45, 7) is 0. The first-order valence-corrected chi connectivity index (χ1v) is 8.55. The van der Waals surface area contributed by atoms with Crippen molar-refractivity contribution in [3.63, 3.8) is 0 Å². The molecule has 0 atom stereocenters. The van der Waals surface area contributed by atoms with Crippen LogP contribution in [0.5, 0.6) is 0 Å². The predicted molar refractivity (Wildman–Crippen MR) is 102 cm³/mol. The van der Waals surface area contributed by atoms with Crippen LogP contribution in [0.1, 0.15) is 16.9 Å². The van der Waals surface area contributed by atoms with Gasteiger partial charge in [0.15, 0.2) is 0 Å². The van der Waals surface area contributed by atoms with Crippen molar-refractivity contribution >= 4 is 17.8 Å². The highest BCUT2D eigenvalue weighted by Gasteiger charge is 2.30. The molecule has 1 amide bonds. The van der Waals surface area contributed by atoms with Crippen molar-refractivity contribution in [3.05, 3.63) is 87.7 Å². The third-order valence-electron chi connectivity index (χ3n) is 3.99. The average Bonchev–Trinajstić information content (AvgIpc) is 3.17. The van der Waals surface area contributed by atoms with E-state index in [0.29, 0.717) is 5.56 Å². The Bertz CT molecular complexity index is 1090. The van der Waals surface area contributed by atoms with Gasteiger partial charge in [-0.15, -0.1) is 0 Å². The number of hydrazone groups is 1. The molecule has 0 unspecified atom stereocenters. The summed E-state index contributed by atoms with van der Waals surface area (Å²) in [7, 11) is 0. The molecule has 0 saturated heterocycles. The first kappa shape index (κ1) is 20.8. The maximum atomic E-state index is 12.8. The second-order valence-corrected chi connectivity index (χ2v) is 6.17. The zero-order valence-electron chi connectivity index (χ0n) is 15.2. The summed E-state index contributed by atoms with van der Waals surface area (Å²) < 4.78 is 43.9.